The third-order valence-electron chi connectivity index (χ3n) is 3.63. The highest BCUT2D eigenvalue weighted by Gasteiger charge is 2.15. The molecule has 1 nitrogen and oxygen atoms in total. The van der Waals surface area contributed by atoms with Gasteiger partial charge in [-0.3, -0.25) is 0 Å². The molecule has 0 aliphatic rings. The van der Waals surface area contributed by atoms with Crippen LogP contribution in [0, 0.1) is 12.7 Å². The summed E-state index contributed by atoms with van der Waals surface area (Å²) in [5.74, 6) is -0.129. The van der Waals surface area contributed by atoms with Crippen molar-refractivity contribution in [1.82, 2.24) is 5.32 Å². The Balaban J connectivity index is 2.27. The topological polar surface area (TPSA) is 12.0 Å². The summed E-state index contributed by atoms with van der Waals surface area (Å²) in [6.07, 6.45) is 1.72. The predicted octanol–water partition coefficient (Wildman–Crippen LogP) is 5.18. The summed E-state index contributed by atoms with van der Waals surface area (Å²) in [6.45, 7) is 5.16. The lowest BCUT2D eigenvalue weighted by atomic mass is 9.95. The van der Waals surface area contributed by atoms with Crippen molar-refractivity contribution >= 4 is 15.9 Å². The Morgan fingerprint density at radius 3 is 2.62 bits per heavy atom. The van der Waals surface area contributed by atoms with Crippen molar-refractivity contribution in [2.75, 3.05) is 6.54 Å². The van der Waals surface area contributed by atoms with Gasteiger partial charge < -0.3 is 5.32 Å². The monoisotopic (exact) mass is 349 g/mol. The molecule has 0 spiro atoms. The van der Waals surface area contributed by atoms with E-state index in [-0.39, 0.29) is 11.9 Å². The van der Waals surface area contributed by atoms with E-state index in [0.717, 1.165) is 23.0 Å². The van der Waals surface area contributed by atoms with E-state index in [1.807, 2.05) is 18.2 Å². The molecule has 0 heterocycles. The van der Waals surface area contributed by atoms with Crippen molar-refractivity contribution in [2.45, 2.75) is 32.7 Å². The molecule has 1 N–H and O–H groups in total. The van der Waals surface area contributed by atoms with Crippen LogP contribution in [0.5, 0.6) is 0 Å². The molecular weight excluding hydrogens is 329 g/mol. The van der Waals surface area contributed by atoms with Crippen molar-refractivity contribution in [2.24, 2.45) is 0 Å². The Labute approximate surface area is 134 Å². The third-order valence-corrected chi connectivity index (χ3v) is 4.12. The summed E-state index contributed by atoms with van der Waals surface area (Å²) in [6, 6.07) is 13.4. The number of hydrogen-bond acceptors (Lipinski definition) is 1. The van der Waals surface area contributed by atoms with Gasteiger partial charge in [-0.2, -0.15) is 0 Å². The Kier molecular flexibility index (Phi) is 5.95. The summed E-state index contributed by atoms with van der Waals surface area (Å²) < 4.78 is 15.0. The predicted molar refractivity (Wildman–Crippen MR) is 90.0 cm³/mol. The maximum Gasteiger partial charge on any atom is 0.126 e. The molecule has 2 aromatic carbocycles. The highest BCUT2D eigenvalue weighted by atomic mass is 79.9. The molecule has 0 fully saturated rings. The number of rotatable bonds is 6. The molecule has 0 aliphatic heterocycles. The lowest BCUT2D eigenvalue weighted by molar-refractivity contribution is 0.511. The van der Waals surface area contributed by atoms with Crippen molar-refractivity contribution in [3.05, 3.63) is 69.4 Å². The van der Waals surface area contributed by atoms with Crippen LogP contribution >= 0.6 is 15.9 Å². The van der Waals surface area contributed by atoms with Gasteiger partial charge in [0, 0.05) is 10.5 Å². The van der Waals surface area contributed by atoms with E-state index in [1.54, 1.807) is 6.07 Å². The van der Waals surface area contributed by atoms with Crippen LogP contribution in [0.2, 0.25) is 0 Å². The number of aryl methyl sites for hydroxylation is 1. The highest BCUT2D eigenvalue weighted by molar-refractivity contribution is 9.10. The highest BCUT2D eigenvalue weighted by Crippen LogP contribution is 2.25. The zero-order chi connectivity index (χ0) is 15.2. The molecule has 0 bridgehead atoms. The zero-order valence-electron chi connectivity index (χ0n) is 12.5. The normalized spacial score (nSPS) is 12.4. The van der Waals surface area contributed by atoms with Gasteiger partial charge >= 0.3 is 0 Å². The van der Waals surface area contributed by atoms with Crippen LogP contribution in [0.4, 0.5) is 4.39 Å². The van der Waals surface area contributed by atoms with E-state index < -0.39 is 0 Å². The number of benzene rings is 2. The van der Waals surface area contributed by atoms with Crippen LogP contribution in [0.15, 0.2) is 46.9 Å². The molecule has 3 heteroatoms. The first-order valence-corrected chi connectivity index (χ1v) is 8.14. The Morgan fingerprint density at radius 1 is 1.19 bits per heavy atom. The molecule has 0 radical (unpaired) electrons. The minimum absolute atomic E-state index is 0.129. The largest absolute Gasteiger partial charge is 0.310 e. The van der Waals surface area contributed by atoms with Crippen molar-refractivity contribution in [3.8, 4) is 0 Å². The van der Waals surface area contributed by atoms with Crippen LogP contribution in [-0.4, -0.2) is 6.54 Å². The summed E-state index contributed by atoms with van der Waals surface area (Å²) in [4.78, 5) is 0. The van der Waals surface area contributed by atoms with E-state index in [4.69, 9.17) is 0 Å². The van der Waals surface area contributed by atoms with Crippen LogP contribution in [-0.2, 0) is 6.42 Å². The number of nitrogens with one attached hydrogen (secondary N) is 1. The Morgan fingerprint density at radius 2 is 1.95 bits per heavy atom. The molecule has 0 aromatic heterocycles. The lowest BCUT2D eigenvalue weighted by Gasteiger charge is -2.21. The molecule has 21 heavy (non-hydrogen) atoms. The minimum Gasteiger partial charge on any atom is -0.310 e. The second kappa shape index (κ2) is 7.71. The third kappa shape index (κ3) is 4.39. The SMILES string of the molecule is CCCNC(Cc1ccccc1F)c1ccc(Br)cc1C. The molecule has 2 rings (SSSR count). The van der Waals surface area contributed by atoms with Crippen molar-refractivity contribution in [3.63, 3.8) is 0 Å². The van der Waals surface area contributed by atoms with E-state index in [2.05, 4.69) is 47.2 Å². The van der Waals surface area contributed by atoms with Gasteiger partial charge in [-0.25, -0.2) is 4.39 Å². The fourth-order valence-corrected chi connectivity index (χ4v) is 3.00. The summed E-state index contributed by atoms with van der Waals surface area (Å²) in [7, 11) is 0. The average Bonchev–Trinajstić information content (AvgIpc) is 2.46. The number of hydrogen-bond donors (Lipinski definition) is 1. The van der Waals surface area contributed by atoms with Crippen LogP contribution < -0.4 is 5.32 Å². The van der Waals surface area contributed by atoms with Gasteiger partial charge in [0.25, 0.3) is 0 Å². The molecule has 1 atom stereocenters. The molecule has 2 aromatic rings. The second-order valence-corrected chi connectivity index (χ2v) is 6.22. The molecule has 1 unspecified atom stereocenters. The summed E-state index contributed by atoms with van der Waals surface area (Å²) in [5.41, 5.74) is 3.21. The summed E-state index contributed by atoms with van der Waals surface area (Å²) >= 11 is 3.50. The number of halogens is 2. The lowest BCUT2D eigenvalue weighted by Crippen LogP contribution is -2.25. The zero-order valence-corrected chi connectivity index (χ0v) is 14.1. The van der Waals surface area contributed by atoms with E-state index in [9.17, 15) is 4.39 Å². The Hall–Kier alpha value is -1.19. The maximum atomic E-state index is 13.9. The van der Waals surface area contributed by atoms with Gasteiger partial charge in [-0.05, 0) is 61.2 Å². The van der Waals surface area contributed by atoms with Crippen LogP contribution in [0.3, 0.4) is 0 Å². The van der Waals surface area contributed by atoms with Gasteiger partial charge in [0.15, 0.2) is 0 Å². The summed E-state index contributed by atoms with van der Waals surface area (Å²) in [5, 5.41) is 3.54. The average molecular weight is 350 g/mol. The standard InChI is InChI=1S/C18H21BrFN/c1-3-10-21-18(12-14-6-4-5-7-17(14)20)16-9-8-15(19)11-13(16)2/h4-9,11,18,21H,3,10,12H2,1-2H3. The maximum absolute atomic E-state index is 13.9. The second-order valence-electron chi connectivity index (χ2n) is 5.30. The molecule has 112 valence electrons. The minimum atomic E-state index is -0.129. The van der Waals surface area contributed by atoms with Gasteiger partial charge in [0.2, 0.25) is 0 Å². The van der Waals surface area contributed by atoms with Crippen molar-refractivity contribution in [1.29, 1.82) is 0 Å². The first-order valence-electron chi connectivity index (χ1n) is 7.34. The van der Waals surface area contributed by atoms with Gasteiger partial charge in [-0.15, -0.1) is 0 Å². The van der Waals surface area contributed by atoms with Crippen LogP contribution in [0.1, 0.15) is 36.1 Å². The quantitative estimate of drug-likeness (QED) is 0.757. The van der Waals surface area contributed by atoms with Gasteiger partial charge in [0.05, 0.1) is 0 Å². The Bertz CT molecular complexity index is 598. The smallest absolute Gasteiger partial charge is 0.126 e. The molecule has 0 aliphatic carbocycles. The molecule has 0 saturated carbocycles. The van der Waals surface area contributed by atoms with Gasteiger partial charge in [0.1, 0.15) is 5.82 Å². The first kappa shape index (κ1) is 16.2. The fourth-order valence-electron chi connectivity index (χ4n) is 2.52. The van der Waals surface area contributed by atoms with E-state index in [0.29, 0.717) is 6.42 Å². The first-order chi connectivity index (χ1) is 10.1. The van der Waals surface area contributed by atoms with Crippen LogP contribution in [0.25, 0.3) is 0 Å². The van der Waals surface area contributed by atoms with E-state index >= 15 is 0 Å². The molecular formula is C18H21BrFN. The molecule has 0 amide bonds. The fraction of sp³-hybridized carbons (Fsp3) is 0.333. The van der Waals surface area contributed by atoms with E-state index in [1.165, 1.54) is 17.2 Å². The van der Waals surface area contributed by atoms with Crippen molar-refractivity contribution < 1.29 is 4.39 Å². The van der Waals surface area contributed by atoms with Gasteiger partial charge in [-0.1, -0.05) is 47.1 Å². The molecule has 0 saturated heterocycles.